The van der Waals surface area contributed by atoms with Gasteiger partial charge in [-0.25, -0.2) is 0 Å². The quantitative estimate of drug-likeness (QED) is 0.200. The van der Waals surface area contributed by atoms with Gasteiger partial charge in [-0.05, 0) is 63.6 Å². The van der Waals surface area contributed by atoms with Gasteiger partial charge in [-0.1, -0.05) is 102 Å². The molecule has 0 saturated heterocycles. The molecule has 0 radical (unpaired) electrons. The first-order valence-electron chi connectivity index (χ1n) is 16.4. The summed E-state index contributed by atoms with van der Waals surface area (Å²) in [6, 6.07) is 18.4. The van der Waals surface area contributed by atoms with Gasteiger partial charge in [0.1, 0.15) is 17.4 Å². The predicted molar refractivity (Wildman–Crippen MR) is 184 cm³/mol. The van der Waals surface area contributed by atoms with Gasteiger partial charge in [0.15, 0.2) is 0 Å². The zero-order chi connectivity index (χ0) is 34.6. The Kier molecular flexibility index (Phi) is 11.3. The van der Waals surface area contributed by atoms with Gasteiger partial charge < -0.3 is 21.3 Å². The Morgan fingerprint density at radius 2 is 1.39 bits per heavy atom. The summed E-state index contributed by atoms with van der Waals surface area (Å²) in [5.74, 6) is -1.20. The molecule has 8 nitrogen and oxygen atoms in total. The molecule has 4 N–H and O–H groups in total. The standard InChI is InChI=1S/C38H56N4O4/c1-26(43)35(4,5)24-36(6,7)32(45)42-38(22-29(38)28-19-15-12-16-20-28)33(46)41-30(21-27-17-13-11-14-18-27)31(44)40-25-34(2,3)23-37(8,9)39-10/h11-20,29-30,39H,21-25H2,1-10H3,(H,40,44)(H,41,46)(H,42,45)/t29?,30-,38?/m0/s1. The SMILES string of the molecule is CNC(C)(C)CC(C)(C)CNC(=O)[C@H](Cc1ccccc1)NC(=O)C1(NC(=O)C(C)(C)CC(C)(C)C(C)=O)CC1c1ccccc1. The molecule has 1 aliphatic carbocycles. The maximum atomic E-state index is 14.3. The molecule has 1 aliphatic rings. The van der Waals surface area contributed by atoms with Crippen LogP contribution in [0.25, 0.3) is 0 Å². The van der Waals surface area contributed by atoms with E-state index in [0.29, 0.717) is 25.8 Å². The maximum Gasteiger partial charge on any atom is 0.247 e. The van der Waals surface area contributed by atoms with Crippen LogP contribution >= 0.6 is 0 Å². The Hall–Kier alpha value is -3.52. The van der Waals surface area contributed by atoms with E-state index in [1.807, 2.05) is 81.6 Å². The molecular weight excluding hydrogens is 576 g/mol. The second-order valence-corrected chi connectivity index (χ2v) is 16.0. The van der Waals surface area contributed by atoms with Gasteiger partial charge >= 0.3 is 0 Å². The van der Waals surface area contributed by atoms with Gasteiger partial charge in [0.05, 0.1) is 0 Å². The van der Waals surface area contributed by atoms with Gasteiger partial charge in [0.25, 0.3) is 0 Å². The van der Waals surface area contributed by atoms with Crippen molar-refractivity contribution in [3.05, 3.63) is 71.8 Å². The Labute approximate surface area is 276 Å². The van der Waals surface area contributed by atoms with Crippen molar-refractivity contribution in [3.8, 4) is 0 Å². The highest BCUT2D eigenvalue weighted by Gasteiger charge is 2.63. The molecule has 0 aromatic heterocycles. The fourth-order valence-corrected chi connectivity index (χ4v) is 6.62. The minimum Gasteiger partial charge on any atom is -0.354 e. The molecule has 0 bridgehead atoms. The molecule has 0 aliphatic heterocycles. The van der Waals surface area contributed by atoms with Gasteiger partial charge in [-0.15, -0.1) is 0 Å². The van der Waals surface area contributed by atoms with Crippen molar-refractivity contribution in [2.45, 2.75) is 111 Å². The average Bonchev–Trinajstić information content (AvgIpc) is 3.70. The third kappa shape index (κ3) is 9.50. The van der Waals surface area contributed by atoms with Crippen molar-refractivity contribution < 1.29 is 19.2 Å². The molecule has 2 aromatic carbocycles. The Morgan fingerprint density at radius 1 is 0.826 bits per heavy atom. The Bertz CT molecular complexity index is 1380. The van der Waals surface area contributed by atoms with E-state index in [4.69, 9.17) is 0 Å². The molecule has 0 heterocycles. The number of amides is 3. The fourth-order valence-electron chi connectivity index (χ4n) is 6.62. The monoisotopic (exact) mass is 632 g/mol. The molecule has 1 saturated carbocycles. The summed E-state index contributed by atoms with van der Waals surface area (Å²) < 4.78 is 0. The fraction of sp³-hybridized carbons (Fsp3) is 0.579. The highest BCUT2D eigenvalue weighted by molar-refractivity contribution is 5.99. The minimum atomic E-state index is -1.22. The predicted octanol–water partition coefficient (Wildman–Crippen LogP) is 5.32. The maximum absolute atomic E-state index is 14.3. The van der Waals surface area contributed by atoms with E-state index in [-0.39, 0.29) is 40.4 Å². The van der Waals surface area contributed by atoms with Crippen LogP contribution in [0.2, 0.25) is 0 Å². The highest BCUT2D eigenvalue weighted by Crippen LogP contribution is 2.52. The van der Waals surface area contributed by atoms with E-state index in [1.54, 1.807) is 13.8 Å². The zero-order valence-electron chi connectivity index (χ0n) is 29.6. The number of Topliss-reactive ketones (excluding diaryl/α,β-unsaturated/α-hetero) is 1. The van der Waals surface area contributed by atoms with Crippen molar-refractivity contribution in [2.24, 2.45) is 16.2 Å². The lowest BCUT2D eigenvalue weighted by atomic mass is 9.72. The number of hydrogen-bond acceptors (Lipinski definition) is 5. The van der Waals surface area contributed by atoms with Gasteiger partial charge in [-0.3, -0.25) is 19.2 Å². The van der Waals surface area contributed by atoms with Crippen LogP contribution in [0.3, 0.4) is 0 Å². The van der Waals surface area contributed by atoms with Crippen LogP contribution in [0.5, 0.6) is 0 Å². The smallest absolute Gasteiger partial charge is 0.247 e. The van der Waals surface area contributed by atoms with Gasteiger partial charge in [0, 0.05) is 35.3 Å². The van der Waals surface area contributed by atoms with Crippen molar-refractivity contribution in [1.82, 2.24) is 21.3 Å². The van der Waals surface area contributed by atoms with Crippen molar-refractivity contribution in [1.29, 1.82) is 0 Å². The third-order valence-corrected chi connectivity index (χ3v) is 9.60. The summed E-state index contributed by atoms with van der Waals surface area (Å²) in [4.78, 5) is 54.3. The van der Waals surface area contributed by atoms with Crippen LogP contribution < -0.4 is 21.3 Å². The number of nitrogens with one attached hydrogen (secondary N) is 4. The lowest BCUT2D eigenvalue weighted by molar-refractivity contribution is -0.138. The van der Waals surface area contributed by atoms with Gasteiger partial charge in [0.2, 0.25) is 17.7 Å². The lowest BCUT2D eigenvalue weighted by Crippen LogP contribution is -2.58. The molecule has 8 heteroatoms. The van der Waals surface area contributed by atoms with Crippen LogP contribution in [0.4, 0.5) is 0 Å². The summed E-state index contributed by atoms with van der Waals surface area (Å²) in [7, 11) is 1.93. The van der Waals surface area contributed by atoms with Crippen molar-refractivity contribution >= 4 is 23.5 Å². The molecule has 2 unspecified atom stereocenters. The zero-order valence-corrected chi connectivity index (χ0v) is 29.6. The molecule has 3 rings (SSSR count). The normalized spacial score (nSPS) is 19.1. The first-order valence-corrected chi connectivity index (χ1v) is 16.4. The topological polar surface area (TPSA) is 116 Å². The first-order chi connectivity index (χ1) is 21.2. The summed E-state index contributed by atoms with van der Waals surface area (Å²) >= 11 is 0. The number of hydrogen-bond donors (Lipinski definition) is 4. The summed E-state index contributed by atoms with van der Waals surface area (Å²) in [6.07, 6.45) is 1.87. The van der Waals surface area contributed by atoms with Crippen LogP contribution in [0, 0.1) is 16.2 Å². The van der Waals surface area contributed by atoms with Gasteiger partial charge in [-0.2, -0.15) is 0 Å². The first kappa shape index (κ1) is 36.9. The summed E-state index contributed by atoms with van der Waals surface area (Å²) in [6.45, 7) is 17.8. The van der Waals surface area contributed by atoms with E-state index < -0.39 is 22.4 Å². The number of benzene rings is 2. The summed E-state index contributed by atoms with van der Waals surface area (Å²) in [5, 5.41) is 12.6. The molecule has 1 fully saturated rings. The van der Waals surface area contributed by atoms with E-state index in [0.717, 1.165) is 17.5 Å². The second-order valence-electron chi connectivity index (χ2n) is 16.0. The highest BCUT2D eigenvalue weighted by atomic mass is 16.2. The summed E-state index contributed by atoms with van der Waals surface area (Å²) in [5.41, 5.74) is -1.29. The number of carbonyl (C=O) groups excluding carboxylic acids is 4. The molecular formula is C38H56N4O4. The molecule has 46 heavy (non-hydrogen) atoms. The number of ketones is 1. The van der Waals surface area contributed by atoms with Crippen molar-refractivity contribution in [2.75, 3.05) is 13.6 Å². The number of carbonyl (C=O) groups is 4. The van der Waals surface area contributed by atoms with E-state index in [9.17, 15) is 19.2 Å². The third-order valence-electron chi connectivity index (χ3n) is 9.60. The molecule has 3 amide bonds. The molecule has 2 aromatic rings. The van der Waals surface area contributed by atoms with Crippen LogP contribution in [-0.4, -0.2) is 54.2 Å². The van der Waals surface area contributed by atoms with E-state index in [2.05, 4.69) is 49.0 Å². The van der Waals surface area contributed by atoms with E-state index >= 15 is 0 Å². The minimum absolute atomic E-state index is 0.00174. The lowest BCUT2D eigenvalue weighted by Gasteiger charge is -2.35. The van der Waals surface area contributed by atoms with Crippen molar-refractivity contribution in [3.63, 3.8) is 0 Å². The number of rotatable bonds is 16. The molecule has 3 atom stereocenters. The second kappa shape index (κ2) is 14.1. The van der Waals surface area contributed by atoms with Crippen LogP contribution in [-0.2, 0) is 25.6 Å². The average molecular weight is 633 g/mol. The largest absolute Gasteiger partial charge is 0.354 e. The van der Waals surface area contributed by atoms with Crippen LogP contribution in [0.15, 0.2) is 60.7 Å². The Morgan fingerprint density at radius 3 is 1.93 bits per heavy atom. The van der Waals surface area contributed by atoms with E-state index in [1.165, 1.54) is 6.92 Å². The molecule has 252 valence electrons. The molecule has 0 spiro atoms. The Balaban J connectivity index is 1.89. The van der Waals surface area contributed by atoms with Crippen LogP contribution in [0.1, 0.15) is 98.6 Å².